The van der Waals surface area contributed by atoms with Gasteiger partial charge in [0.15, 0.2) is 0 Å². The topological polar surface area (TPSA) is 47.0 Å². The predicted octanol–water partition coefficient (Wildman–Crippen LogP) is 4.11. The van der Waals surface area contributed by atoms with E-state index in [1.807, 2.05) is 48.5 Å². The van der Waals surface area contributed by atoms with Gasteiger partial charge in [0.1, 0.15) is 17.9 Å². The van der Waals surface area contributed by atoms with Crippen LogP contribution in [-0.2, 0) is 12.8 Å². The number of aryl methyl sites for hydroxylation is 1. The molecule has 4 heteroatoms. The molecule has 0 saturated heterocycles. The number of nitrogens with one attached hydrogen (secondary N) is 1. The molecule has 0 fully saturated rings. The quantitative estimate of drug-likeness (QED) is 0.771. The Bertz CT molecular complexity index is 802. The van der Waals surface area contributed by atoms with Crippen LogP contribution in [0, 0.1) is 0 Å². The molecule has 0 bridgehead atoms. The Balaban J connectivity index is 1.71. The van der Waals surface area contributed by atoms with Crippen LogP contribution < -0.4 is 10.1 Å². The number of ether oxygens (including phenoxy) is 1. The summed E-state index contributed by atoms with van der Waals surface area (Å²) < 4.78 is 5.99. The normalized spacial score (nSPS) is 12.5. The summed E-state index contributed by atoms with van der Waals surface area (Å²) in [5, 5.41) is 3.36. The average molecular weight is 289 g/mol. The number of hydrogen-bond acceptors (Lipinski definition) is 4. The van der Waals surface area contributed by atoms with Crippen LogP contribution in [0.2, 0.25) is 0 Å². The molecule has 0 aliphatic carbocycles. The number of nitrogens with zero attached hydrogens (tertiary/aromatic N) is 2. The standard InChI is InChI=1S/C18H15N3O/c1-2-7-14(8-3-1)21-17-15-11-10-13-6-4-5-9-16(13)22-18(15)20-12-19-17/h1-9,12H,10-11H2,(H,19,20,21). The second-order valence-corrected chi connectivity index (χ2v) is 5.21. The highest BCUT2D eigenvalue weighted by atomic mass is 16.5. The van der Waals surface area contributed by atoms with Crippen molar-refractivity contribution in [1.29, 1.82) is 0 Å². The first-order valence-electron chi connectivity index (χ1n) is 7.32. The molecule has 1 aliphatic heterocycles. The van der Waals surface area contributed by atoms with Crippen LogP contribution in [0.15, 0.2) is 60.9 Å². The van der Waals surface area contributed by atoms with Gasteiger partial charge in [-0.3, -0.25) is 0 Å². The number of benzene rings is 2. The summed E-state index contributed by atoms with van der Waals surface area (Å²) in [6.45, 7) is 0. The molecule has 0 spiro atoms. The predicted molar refractivity (Wildman–Crippen MR) is 85.7 cm³/mol. The SMILES string of the molecule is c1ccc(Nc2ncnc3c2CCc2ccccc2O3)cc1. The molecular formula is C18H15N3O. The third kappa shape index (κ3) is 2.39. The Labute approximate surface area is 128 Å². The van der Waals surface area contributed by atoms with Crippen molar-refractivity contribution in [3.05, 3.63) is 72.1 Å². The monoisotopic (exact) mass is 289 g/mol. The number of hydrogen-bond donors (Lipinski definition) is 1. The highest BCUT2D eigenvalue weighted by Crippen LogP contribution is 2.35. The summed E-state index contributed by atoms with van der Waals surface area (Å²) in [5.74, 6) is 2.33. The van der Waals surface area contributed by atoms with Gasteiger partial charge in [-0.25, -0.2) is 9.97 Å². The maximum Gasteiger partial charge on any atom is 0.227 e. The molecule has 4 nitrogen and oxygen atoms in total. The van der Waals surface area contributed by atoms with Crippen molar-refractivity contribution in [3.8, 4) is 11.6 Å². The van der Waals surface area contributed by atoms with Crippen LogP contribution in [0.3, 0.4) is 0 Å². The molecule has 22 heavy (non-hydrogen) atoms. The lowest BCUT2D eigenvalue weighted by Gasteiger charge is -2.12. The third-order valence-corrected chi connectivity index (χ3v) is 3.77. The summed E-state index contributed by atoms with van der Waals surface area (Å²) in [7, 11) is 0. The van der Waals surface area contributed by atoms with Crippen LogP contribution in [0.25, 0.3) is 0 Å². The Hall–Kier alpha value is -2.88. The zero-order valence-electron chi connectivity index (χ0n) is 12.0. The van der Waals surface area contributed by atoms with E-state index in [1.54, 1.807) is 0 Å². The Morgan fingerprint density at radius 3 is 2.59 bits per heavy atom. The van der Waals surface area contributed by atoms with E-state index in [0.29, 0.717) is 5.88 Å². The first-order valence-corrected chi connectivity index (χ1v) is 7.32. The van der Waals surface area contributed by atoms with Gasteiger partial charge < -0.3 is 10.1 Å². The number of rotatable bonds is 2. The molecule has 0 radical (unpaired) electrons. The van der Waals surface area contributed by atoms with Crippen molar-refractivity contribution >= 4 is 11.5 Å². The van der Waals surface area contributed by atoms with Gasteiger partial charge in [0.05, 0.1) is 5.56 Å². The van der Waals surface area contributed by atoms with Gasteiger partial charge in [0, 0.05) is 5.69 Å². The lowest BCUT2D eigenvalue weighted by molar-refractivity contribution is 0.458. The summed E-state index contributed by atoms with van der Waals surface area (Å²) in [5.41, 5.74) is 3.22. The van der Waals surface area contributed by atoms with Crippen molar-refractivity contribution in [1.82, 2.24) is 9.97 Å². The van der Waals surface area contributed by atoms with Gasteiger partial charge in [-0.15, -0.1) is 0 Å². The van der Waals surface area contributed by atoms with Gasteiger partial charge >= 0.3 is 0 Å². The van der Waals surface area contributed by atoms with Gasteiger partial charge in [-0.1, -0.05) is 36.4 Å². The van der Waals surface area contributed by atoms with Crippen molar-refractivity contribution in [3.63, 3.8) is 0 Å². The van der Waals surface area contributed by atoms with Crippen molar-refractivity contribution in [2.75, 3.05) is 5.32 Å². The third-order valence-electron chi connectivity index (χ3n) is 3.77. The molecule has 4 rings (SSSR count). The van der Waals surface area contributed by atoms with Gasteiger partial charge in [-0.05, 0) is 36.6 Å². The molecule has 1 aromatic heterocycles. The minimum absolute atomic E-state index is 0.637. The summed E-state index contributed by atoms with van der Waals surface area (Å²) in [6.07, 6.45) is 3.31. The van der Waals surface area contributed by atoms with Crippen molar-refractivity contribution in [2.24, 2.45) is 0 Å². The zero-order chi connectivity index (χ0) is 14.8. The van der Waals surface area contributed by atoms with Gasteiger partial charge in [0.25, 0.3) is 0 Å². The van der Waals surface area contributed by atoms with Gasteiger partial charge in [0.2, 0.25) is 5.88 Å². The summed E-state index contributed by atoms with van der Waals surface area (Å²) in [6, 6.07) is 18.1. The number of anilines is 2. The van der Waals surface area contributed by atoms with Crippen LogP contribution in [0.1, 0.15) is 11.1 Å². The number of aromatic nitrogens is 2. The Morgan fingerprint density at radius 1 is 0.864 bits per heavy atom. The average Bonchev–Trinajstić information content (AvgIpc) is 2.75. The fourth-order valence-electron chi connectivity index (χ4n) is 2.65. The number of para-hydroxylation sites is 2. The second kappa shape index (κ2) is 5.48. The van der Waals surface area contributed by atoms with E-state index < -0.39 is 0 Å². The van der Waals surface area contributed by atoms with Crippen LogP contribution in [0.4, 0.5) is 11.5 Å². The zero-order valence-corrected chi connectivity index (χ0v) is 12.0. The fourth-order valence-corrected chi connectivity index (χ4v) is 2.65. The van der Waals surface area contributed by atoms with E-state index in [9.17, 15) is 0 Å². The van der Waals surface area contributed by atoms with Crippen molar-refractivity contribution < 1.29 is 4.74 Å². The molecule has 0 atom stereocenters. The molecular weight excluding hydrogens is 274 g/mol. The molecule has 108 valence electrons. The lowest BCUT2D eigenvalue weighted by Crippen LogP contribution is -2.02. The highest BCUT2D eigenvalue weighted by Gasteiger charge is 2.19. The maximum absolute atomic E-state index is 5.99. The lowest BCUT2D eigenvalue weighted by atomic mass is 10.1. The minimum Gasteiger partial charge on any atom is -0.438 e. The molecule has 2 aromatic carbocycles. The van der Waals surface area contributed by atoms with E-state index in [-0.39, 0.29) is 0 Å². The van der Waals surface area contributed by atoms with Crippen LogP contribution in [-0.4, -0.2) is 9.97 Å². The van der Waals surface area contributed by atoms with Crippen molar-refractivity contribution in [2.45, 2.75) is 12.8 Å². The first kappa shape index (κ1) is 12.8. The maximum atomic E-state index is 5.99. The molecule has 3 aromatic rings. The Kier molecular flexibility index (Phi) is 3.20. The first-order chi connectivity index (χ1) is 10.9. The van der Waals surface area contributed by atoms with E-state index in [2.05, 4.69) is 21.4 Å². The van der Waals surface area contributed by atoms with Gasteiger partial charge in [-0.2, -0.15) is 0 Å². The van der Waals surface area contributed by atoms with Crippen LogP contribution >= 0.6 is 0 Å². The summed E-state index contributed by atoms with van der Waals surface area (Å²) >= 11 is 0. The molecule has 0 unspecified atom stereocenters. The van der Waals surface area contributed by atoms with E-state index in [1.165, 1.54) is 11.9 Å². The Morgan fingerprint density at radius 2 is 1.68 bits per heavy atom. The largest absolute Gasteiger partial charge is 0.438 e. The van der Waals surface area contributed by atoms with E-state index >= 15 is 0 Å². The van der Waals surface area contributed by atoms with E-state index in [4.69, 9.17) is 4.74 Å². The molecule has 0 amide bonds. The number of fused-ring (bicyclic) bond motifs is 2. The molecule has 1 N–H and O–H groups in total. The van der Waals surface area contributed by atoms with E-state index in [0.717, 1.165) is 35.7 Å². The fraction of sp³-hybridized carbons (Fsp3) is 0.111. The second-order valence-electron chi connectivity index (χ2n) is 5.21. The molecule has 0 saturated carbocycles. The smallest absolute Gasteiger partial charge is 0.227 e. The summed E-state index contributed by atoms with van der Waals surface area (Å²) in [4.78, 5) is 8.70. The minimum atomic E-state index is 0.637. The van der Waals surface area contributed by atoms with Crippen LogP contribution in [0.5, 0.6) is 11.6 Å². The molecule has 1 aliphatic rings. The highest BCUT2D eigenvalue weighted by molar-refractivity contribution is 5.62. The molecule has 2 heterocycles.